The number of nitrogens with zero attached hydrogens (tertiary/aromatic N) is 1. The number of rotatable bonds is 3. The molecule has 0 unspecified atom stereocenters. The molecule has 2 aliphatic heterocycles. The first-order valence-electron chi connectivity index (χ1n) is 10.8. The number of benzene rings is 2. The molecular formula is C25H27NO4. The van der Waals surface area contributed by atoms with Gasteiger partial charge in [0.25, 0.3) is 0 Å². The van der Waals surface area contributed by atoms with Gasteiger partial charge in [-0.05, 0) is 79.8 Å². The van der Waals surface area contributed by atoms with Crippen LogP contribution in [-0.2, 0) is 6.54 Å². The summed E-state index contributed by atoms with van der Waals surface area (Å²) in [4.78, 5) is 14.7. The summed E-state index contributed by atoms with van der Waals surface area (Å²) >= 11 is 0. The zero-order valence-electron chi connectivity index (χ0n) is 17.6. The van der Waals surface area contributed by atoms with Crippen LogP contribution in [0.1, 0.15) is 47.6 Å². The first-order valence-corrected chi connectivity index (χ1v) is 10.8. The van der Waals surface area contributed by atoms with Crippen LogP contribution >= 0.6 is 0 Å². The maximum absolute atomic E-state index is 12.2. The van der Waals surface area contributed by atoms with Gasteiger partial charge in [0, 0.05) is 30.5 Å². The molecule has 0 radical (unpaired) electrons. The number of fused-ring (bicyclic) bond motifs is 2. The minimum absolute atomic E-state index is 0.285. The van der Waals surface area contributed by atoms with E-state index in [-0.39, 0.29) is 5.63 Å². The fourth-order valence-electron chi connectivity index (χ4n) is 4.61. The van der Waals surface area contributed by atoms with Crippen LogP contribution in [0.4, 0.5) is 0 Å². The summed E-state index contributed by atoms with van der Waals surface area (Å²) < 4.78 is 17.2. The number of hydrogen-bond donors (Lipinski definition) is 0. The Morgan fingerprint density at radius 3 is 2.63 bits per heavy atom. The lowest BCUT2D eigenvalue weighted by Gasteiger charge is -2.26. The highest BCUT2D eigenvalue weighted by Crippen LogP contribution is 2.39. The monoisotopic (exact) mass is 405 g/mol. The van der Waals surface area contributed by atoms with Gasteiger partial charge in [0.15, 0.2) is 11.5 Å². The third-order valence-electron chi connectivity index (χ3n) is 6.34. The van der Waals surface area contributed by atoms with Crippen molar-refractivity contribution in [3.63, 3.8) is 0 Å². The molecule has 0 saturated carbocycles. The minimum Gasteiger partial charge on any atom is -0.490 e. The smallest absolute Gasteiger partial charge is 0.336 e. The number of hydrogen-bond acceptors (Lipinski definition) is 5. The van der Waals surface area contributed by atoms with E-state index < -0.39 is 0 Å². The predicted octanol–water partition coefficient (Wildman–Crippen LogP) is 4.91. The Labute approximate surface area is 176 Å². The third kappa shape index (κ3) is 3.58. The highest BCUT2D eigenvalue weighted by atomic mass is 16.5. The summed E-state index contributed by atoms with van der Waals surface area (Å²) in [5.74, 6) is 1.67. The van der Waals surface area contributed by atoms with E-state index in [0.717, 1.165) is 60.4 Å². The molecule has 156 valence electrons. The Hall–Kier alpha value is -2.79. The first kappa shape index (κ1) is 19.2. The molecule has 1 saturated heterocycles. The van der Waals surface area contributed by atoms with Crippen molar-refractivity contribution in [2.45, 2.75) is 45.7 Å². The normalized spacial score (nSPS) is 19.2. The zero-order chi connectivity index (χ0) is 20.7. The lowest BCUT2D eigenvalue weighted by molar-refractivity contribution is 0.248. The summed E-state index contributed by atoms with van der Waals surface area (Å²) in [5, 5.41) is 1.03. The predicted molar refractivity (Wildman–Crippen MR) is 116 cm³/mol. The van der Waals surface area contributed by atoms with E-state index in [1.54, 1.807) is 6.07 Å². The lowest BCUT2D eigenvalue weighted by atomic mass is 10.0. The van der Waals surface area contributed by atoms with Crippen LogP contribution in [0, 0.1) is 13.8 Å². The van der Waals surface area contributed by atoms with Gasteiger partial charge in [0.1, 0.15) is 5.58 Å². The fraction of sp³-hybridized carbons (Fsp3) is 0.400. The molecule has 2 aromatic carbocycles. The Balaban J connectivity index is 1.47. The van der Waals surface area contributed by atoms with Crippen molar-refractivity contribution in [2.24, 2.45) is 0 Å². The van der Waals surface area contributed by atoms with Gasteiger partial charge in [-0.25, -0.2) is 4.79 Å². The summed E-state index contributed by atoms with van der Waals surface area (Å²) in [5.41, 5.74) is 5.01. The van der Waals surface area contributed by atoms with Gasteiger partial charge >= 0.3 is 5.63 Å². The lowest BCUT2D eigenvalue weighted by Crippen LogP contribution is -2.23. The van der Waals surface area contributed by atoms with Crippen LogP contribution in [-0.4, -0.2) is 24.7 Å². The Morgan fingerprint density at radius 1 is 0.967 bits per heavy atom. The zero-order valence-corrected chi connectivity index (χ0v) is 17.6. The van der Waals surface area contributed by atoms with Crippen LogP contribution < -0.4 is 15.1 Å². The molecule has 0 N–H and O–H groups in total. The van der Waals surface area contributed by atoms with Crippen molar-refractivity contribution in [2.75, 3.05) is 19.8 Å². The molecule has 2 aliphatic rings. The molecule has 0 aliphatic carbocycles. The standard InChI is InChI=1S/C25H27NO4/c1-16-11-20-19(14-25(27)30-23(20)12-17(16)2)15-26-8-3-5-21(26)18-6-7-22-24(13-18)29-10-4-9-28-22/h6-7,11-14,21H,3-5,8-10,15H2,1-2H3/t21-/m1/s1. The molecule has 5 rings (SSSR count). The van der Waals surface area contributed by atoms with Crippen LogP contribution in [0.2, 0.25) is 0 Å². The highest BCUT2D eigenvalue weighted by Gasteiger charge is 2.28. The van der Waals surface area contributed by atoms with Crippen molar-refractivity contribution in [1.82, 2.24) is 4.90 Å². The molecule has 3 aromatic rings. The van der Waals surface area contributed by atoms with E-state index in [2.05, 4.69) is 30.0 Å². The Morgan fingerprint density at radius 2 is 1.77 bits per heavy atom. The van der Waals surface area contributed by atoms with Crippen molar-refractivity contribution >= 4 is 11.0 Å². The average molecular weight is 405 g/mol. The molecule has 1 atom stereocenters. The molecule has 30 heavy (non-hydrogen) atoms. The third-order valence-corrected chi connectivity index (χ3v) is 6.34. The van der Waals surface area contributed by atoms with Gasteiger partial charge in [-0.15, -0.1) is 0 Å². The van der Waals surface area contributed by atoms with Gasteiger partial charge in [0.05, 0.1) is 13.2 Å². The van der Waals surface area contributed by atoms with E-state index in [1.807, 2.05) is 19.1 Å². The summed E-state index contributed by atoms with van der Waals surface area (Å²) in [6, 6.07) is 12.4. The van der Waals surface area contributed by atoms with Crippen LogP contribution in [0.25, 0.3) is 11.0 Å². The SMILES string of the molecule is Cc1cc2oc(=O)cc(CN3CCC[C@@H]3c3ccc4c(c3)OCCCO4)c2cc1C. The Kier molecular flexibility index (Phi) is 4.99. The van der Waals surface area contributed by atoms with Gasteiger partial charge < -0.3 is 13.9 Å². The molecule has 1 fully saturated rings. The fourth-order valence-corrected chi connectivity index (χ4v) is 4.61. The van der Waals surface area contributed by atoms with Crippen molar-refractivity contribution in [1.29, 1.82) is 0 Å². The average Bonchev–Trinajstić information content (AvgIpc) is 3.05. The minimum atomic E-state index is -0.285. The largest absolute Gasteiger partial charge is 0.490 e. The van der Waals surface area contributed by atoms with Crippen LogP contribution in [0.15, 0.2) is 45.6 Å². The van der Waals surface area contributed by atoms with E-state index in [0.29, 0.717) is 24.8 Å². The number of aryl methyl sites for hydroxylation is 2. The number of likely N-dealkylation sites (tertiary alicyclic amines) is 1. The highest BCUT2D eigenvalue weighted by molar-refractivity contribution is 5.81. The summed E-state index contributed by atoms with van der Waals surface area (Å²) in [6.07, 6.45) is 3.13. The molecule has 1 aromatic heterocycles. The molecule has 5 heteroatoms. The van der Waals surface area contributed by atoms with E-state index in [4.69, 9.17) is 13.9 Å². The molecular weight excluding hydrogens is 378 g/mol. The van der Waals surface area contributed by atoms with Gasteiger partial charge in [-0.1, -0.05) is 6.07 Å². The van der Waals surface area contributed by atoms with E-state index in [9.17, 15) is 4.79 Å². The first-order chi connectivity index (χ1) is 14.6. The van der Waals surface area contributed by atoms with Crippen molar-refractivity contribution in [3.05, 3.63) is 69.1 Å². The molecule has 0 bridgehead atoms. The second-order valence-electron chi connectivity index (χ2n) is 8.41. The molecule has 5 nitrogen and oxygen atoms in total. The van der Waals surface area contributed by atoms with Gasteiger partial charge in [-0.3, -0.25) is 4.90 Å². The number of ether oxygens (including phenoxy) is 2. The van der Waals surface area contributed by atoms with Crippen LogP contribution in [0.3, 0.4) is 0 Å². The molecule has 3 heterocycles. The van der Waals surface area contributed by atoms with E-state index >= 15 is 0 Å². The van der Waals surface area contributed by atoms with Gasteiger partial charge in [-0.2, -0.15) is 0 Å². The van der Waals surface area contributed by atoms with E-state index in [1.165, 1.54) is 11.1 Å². The second-order valence-corrected chi connectivity index (χ2v) is 8.41. The topological polar surface area (TPSA) is 51.9 Å². The van der Waals surface area contributed by atoms with Crippen molar-refractivity contribution < 1.29 is 13.9 Å². The maximum atomic E-state index is 12.2. The maximum Gasteiger partial charge on any atom is 0.336 e. The Bertz CT molecular complexity index is 1150. The molecule has 0 amide bonds. The second kappa shape index (κ2) is 7.80. The van der Waals surface area contributed by atoms with Gasteiger partial charge in [0.2, 0.25) is 0 Å². The van der Waals surface area contributed by atoms with Crippen LogP contribution in [0.5, 0.6) is 11.5 Å². The summed E-state index contributed by atoms with van der Waals surface area (Å²) in [6.45, 7) is 7.26. The van der Waals surface area contributed by atoms with Crippen molar-refractivity contribution in [3.8, 4) is 11.5 Å². The summed E-state index contributed by atoms with van der Waals surface area (Å²) in [7, 11) is 0. The molecule has 0 spiro atoms. The quantitative estimate of drug-likeness (QED) is 0.580.